The van der Waals surface area contributed by atoms with Crippen molar-refractivity contribution in [2.45, 2.75) is 45.4 Å². The van der Waals surface area contributed by atoms with Crippen LogP contribution >= 0.6 is 0 Å². The summed E-state index contributed by atoms with van der Waals surface area (Å²) in [5.74, 6) is 0.303. The number of nitrogens with one attached hydrogen (secondary N) is 1. The molecule has 0 saturated heterocycles. The minimum absolute atomic E-state index is 0.0660. The minimum atomic E-state index is -0.256. The number of ketones is 1. The topological polar surface area (TPSA) is 92.5 Å². The van der Waals surface area contributed by atoms with E-state index in [0.717, 1.165) is 30.5 Å². The normalized spacial score (nSPS) is 13.8. The lowest BCUT2D eigenvalue weighted by atomic mass is 9.98. The molecule has 0 radical (unpaired) electrons. The van der Waals surface area contributed by atoms with Gasteiger partial charge in [0.15, 0.2) is 5.78 Å². The number of amides is 1. The van der Waals surface area contributed by atoms with E-state index in [-0.39, 0.29) is 36.6 Å². The predicted molar refractivity (Wildman–Crippen MR) is 137 cm³/mol. The number of hydrogen-bond acceptors (Lipinski definition) is 4. The van der Waals surface area contributed by atoms with Crippen molar-refractivity contribution in [1.29, 1.82) is 0 Å². The van der Waals surface area contributed by atoms with Crippen molar-refractivity contribution in [3.05, 3.63) is 100 Å². The Bertz CT molecular complexity index is 1210. The van der Waals surface area contributed by atoms with Gasteiger partial charge in [0.25, 0.3) is 5.75 Å². The summed E-state index contributed by atoms with van der Waals surface area (Å²) in [6.07, 6.45) is 2.02. The fourth-order valence-corrected chi connectivity index (χ4v) is 4.55. The Morgan fingerprint density at radius 2 is 1.80 bits per heavy atom. The highest BCUT2D eigenvalue weighted by atomic mass is 16.3. The number of rotatable bonds is 9. The number of aliphatic hydroxyl groups is 1. The second-order valence-corrected chi connectivity index (χ2v) is 9.27. The second kappa shape index (κ2) is 11.3. The Kier molecular flexibility index (Phi) is 7.95. The third-order valence-electron chi connectivity index (χ3n) is 6.58. The summed E-state index contributed by atoms with van der Waals surface area (Å²) < 4.78 is 0. The lowest BCUT2D eigenvalue weighted by Gasteiger charge is -2.29. The van der Waals surface area contributed by atoms with E-state index in [1.807, 2.05) is 36.1 Å². The Morgan fingerprint density at radius 3 is 2.60 bits per heavy atom. The van der Waals surface area contributed by atoms with E-state index in [2.05, 4.69) is 29.6 Å². The van der Waals surface area contributed by atoms with Gasteiger partial charge in [-0.2, -0.15) is 0 Å². The summed E-state index contributed by atoms with van der Waals surface area (Å²) >= 11 is 0. The number of hydrogen-bond donors (Lipinski definition) is 2. The standard InChI is InChI=1S/C29H32N2O4/c1-20(30-17-28(34)24-9-10-27(33)26(16-24)19-32)13-21-5-4-6-22(14-21)15-29(35)31-12-11-23-7-2-3-8-25(23)18-31/h2-10,14,16,20,30,32-33H,11-13,15,17-19H2,1H3/p+1/t20-/m1/s1. The molecule has 4 rings (SSSR count). The first kappa shape index (κ1) is 24.6. The maximum atomic E-state index is 12.9. The highest BCUT2D eigenvalue weighted by Crippen LogP contribution is 2.20. The molecule has 0 aliphatic carbocycles. The largest absolute Gasteiger partial charge is 0.593 e. The number of Topliss-reactive ketones (excluding diaryl/α,β-unsaturated/α-hetero) is 1. The van der Waals surface area contributed by atoms with E-state index < -0.39 is 0 Å². The molecular formula is C29H33N2O4+. The van der Waals surface area contributed by atoms with Gasteiger partial charge in [0.2, 0.25) is 5.91 Å². The van der Waals surface area contributed by atoms with Crippen LogP contribution in [0.15, 0.2) is 66.7 Å². The summed E-state index contributed by atoms with van der Waals surface area (Å²) in [7, 11) is 0. The molecule has 35 heavy (non-hydrogen) atoms. The Labute approximate surface area is 206 Å². The van der Waals surface area contributed by atoms with E-state index in [1.165, 1.54) is 17.2 Å². The van der Waals surface area contributed by atoms with Crippen molar-refractivity contribution in [2.24, 2.45) is 0 Å². The van der Waals surface area contributed by atoms with Gasteiger partial charge in [0, 0.05) is 30.8 Å². The first-order valence-electron chi connectivity index (χ1n) is 12.1. The van der Waals surface area contributed by atoms with Crippen molar-refractivity contribution in [1.82, 2.24) is 10.2 Å². The molecule has 0 spiro atoms. The van der Waals surface area contributed by atoms with E-state index in [0.29, 0.717) is 24.1 Å². The number of carbonyl (C=O) groups excluding carboxylic acids is 2. The Balaban J connectivity index is 1.29. The maximum absolute atomic E-state index is 12.9. The van der Waals surface area contributed by atoms with Crippen molar-refractivity contribution >= 4 is 11.7 Å². The van der Waals surface area contributed by atoms with Gasteiger partial charge in [-0.25, -0.2) is 0 Å². The summed E-state index contributed by atoms with van der Waals surface area (Å²) in [4.78, 5) is 27.4. The monoisotopic (exact) mass is 473 g/mol. The average Bonchev–Trinajstić information content (AvgIpc) is 2.87. The van der Waals surface area contributed by atoms with Gasteiger partial charge in [-0.15, -0.1) is 0 Å². The van der Waals surface area contributed by atoms with Crippen molar-refractivity contribution in [3.8, 4) is 5.75 Å². The van der Waals surface area contributed by atoms with Crippen molar-refractivity contribution < 1.29 is 19.8 Å². The molecule has 1 aliphatic rings. The molecule has 1 heterocycles. The lowest BCUT2D eigenvalue weighted by Crippen LogP contribution is -2.36. The number of fused-ring (bicyclic) bond motifs is 1. The van der Waals surface area contributed by atoms with Gasteiger partial charge < -0.3 is 20.4 Å². The van der Waals surface area contributed by atoms with Crippen LogP contribution in [0.4, 0.5) is 0 Å². The molecule has 0 unspecified atom stereocenters. The summed E-state index contributed by atoms with van der Waals surface area (Å²) in [6.45, 7) is 3.39. The minimum Gasteiger partial charge on any atom is -0.593 e. The zero-order valence-corrected chi connectivity index (χ0v) is 20.1. The van der Waals surface area contributed by atoms with Gasteiger partial charge in [-0.05, 0) is 54.2 Å². The van der Waals surface area contributed by atoms with Crippen LogP contribution in [-0.2, 0) is 37.2 Å². The third-order valence-corrected chi connectivity index (χ3v) is 6.58. The highest BCUT2D eigenvalue weighted by Gasteiger charge is 2.20. The van der Waals surface area contributed by atoms with Crippen LogP contribution in [0.25, 0.3) is 0 Å². The third kappa shape index (κ3) is 6.35. The van der Waals surface area contributed by atoms with E-state index in [4.69, 9.17) is 5.11 Å². The molecule has 3 aromatic carbocycles. The number of benzene rings is 3. The Hall–Kier alpha value is -3.48. The Morgan fingerprint density at radius 1 is 1.03 bits per heavy atom. The summed E-state index contributed by atoms with van der Waals surface area (Å²) in [6, 6.07) is 21.2. The molecule has 1 atom stereocenters. The second-order valence-electron chi connectivity index (χ2n) is 9.27. The fraction of sp³-hybridized carbons (Fsp3) is 0.310. The molecule has 6 heteroatoms. The highest BCUT2D eigenvalue weighted by molar-refractivity contribution is 5.98. The van der Waals surface area contributed by atoms with Crippen LogP contribution in [0.3, 0.4) is 0 Å². The molecule has 3 aromatic rings. The molecule has 4 N–H and O–H groups in total. The van der Waals surface area contributed by atoms with Crippen molar-refractivity contribution in [3.63, 3.8) is 0 Å². The van der Waals surface area contributed by atoms with E-state index in [9.17, 15) is 14.7 Å². The molecule has 1 amide bonds. The molecule has 0 saturated carbocycles. The summed E-state index contributed by atoms with van der Waals surface area (Å²) in [5.41, 5.74) is 5.63. The van der Waals surface area contributed by atoms with E-state index in [1.54, 1.807) is 12.1 Å². The summed E-state index contributed by atoms with van der Waals surface area (Å²) in [5, 5.41) is 20.3. The first-order chi connectivity index (χ1) is 16.9. The molecule has 0 aromatic heterocycles. The zero-order chi connectivity index (χ0) is 24.8. The van der Waals surface area contributed by atoms with Crippen LogP contribution in [0.2, 0.25) is 0 Å². The van der Waals surface area contributed by atoms with Crippen LogP contribution < -0.4 is 5.32 Å². The molecular weight excluding hydrogens is 440 g/mol. The quantitative estimate of drug-likeness (QED) is 0.369. The van der Waals surface area contributed by atoms with Crippen LogP contribution in [-0.4, -0.2) is 45.9 Å². The SMILES string of the molecule is C[C@H](Cc1cccc(CC(=O)N2CCc3ccccc3C2)c1)NCC(=O)c1ccc([OH2+])c(CO)c1. The molecule has 0 fully saturated rings. The van der Waals surface area contributed by atoms with Crippen molar-refractivity contribution in [2.75, 3.05) is 13.1 Å². The predicted octanol–water partition coefficient (Wildman–Crippen LogP) is 3.15. The number of nitrogens with zero attached hydrogens (tertiary/aromatic N) is 1. The molecule has 182 valence electrons. The van der Waals surface area contributed by atoms with Crippen LogP contribution in [0.1, 0.15) is 45.1 Å². The van der Waals surface area contributed by atoms with Crippen LogP contribution in [0, 0.1) is 0 Å². The maximum Gasteiger partial charge on any atom is 0.259 e. The molecule has 1 aliphatic heterocycles. The number of carbonyl (C=O) groups is 2. The lowest BCUT2D eigenvalue weighted by molar-refractivity contribution is -0.131. The smallest absolute Gasteiger partial charge is 0.259 e. The van der Waals surface area contributed by atoms with Gasteiger partial charge in [-0.3, -0.25) is 9.59 Å². The fourth-order valence-electron chi connectivity index (χ4n) is 4.55. The molecule has 6 nitrogen and oxygen atoms in total. The number of aliphatic hydroxyl groups excluding tert-OH is 1. The first-order valence-corrected chi connectivity index (χ1v) is 12.1. The molecule has 0 bridgehead atoms. The van der Waals surface area contributed by atoms with Gasteiger partial charge >= 0.3 is 0 Å². The zero-order valence-electron chi connectivity index (χ0n) is 20.1. The van der Waals surface area contributed by atoms with E-state index >= 15 is 0 Å². The van der Waals surface area contributed by atoms with Crippen LogP contribution in [0.5, 0.6) is 5.75 Å². The van der Waals surface area contributed by atoms with Gasteiger partial charge in [0.05, 0.1) is 25.1 Å². The average molecular weight is 474 g/mol. The van der Waals surface area contributed by atoms with Gasteiger partial charge in [-0.1, -0.05) is 48.5 Å². The van der Waals surface area contributed by atoms with Gasteiger partial charge in [0.1, 0.15) is 0 Å².